The lowest BCUT2D eigenvalue weighted by Crippen LogP contribution is -2.58. The average molecular weight is 508 g/mol. The van der Waals surface area contributed by atoms with Crippen LogP contribution in [-0.4, -0.2) is 15.8 Å². The second-order valence-corrected chi connectivity index (χ2v) is 10.9. The molecule has 2 aromatic heterocycles. The van der Waals surface area contributed by atoms with Crippen LogP contribution in [0.15, 0.2) is 127 Å². The van der Waals surface area contributed by atoms with Gasteiger partial charge in [0.05, 0.1) is 27.5 Å². The van der Waals surface area contributed by atoms with Crippen molar-refractivity contribution in [2.75, 3.05) is 0 Å². The molecule has 0 bridgehead atoms. The van der Waals surface area contributed by atoms with Gasteiger partial charge in [0.2, 0.25) is 0 Å². The lowest BCUT2D eigenvalue weighted by molar-refractivity contribution is 0.494. The minimum absolute atomic E-state index is 0.0960. The summed E-state index contributed by atoms with van der Waals surface area (Å²) in [5.74, 6) is 1.92. The van der Waals surface area contributed by atoms with Crippen LogP contribution in [0.4, 0.5) is 0 Å². The van der Waals surface area contributed by atoms with Crippen molar-refractivity contribution in [3.05, 3.63) is 127 Å². The van der Waals surface area contributed by atoms with E-state index in [4.69, 9.17) is 4.74 Å². The van der Waals surface area contributed by atoms with Crippen LogP contribution in [0.5, 0.6) is 11.5 Å². The molecule has 0 atom stereocenters. The molecule has 3 nitrogen and oxygen atoms in total. The molecule has 0 unspecified atom stereocenters. The van der Waals surface area contributed by atoms with Crippen molar-refractivity contribution in [1.82, 2.24) is 9.13 Å². The summed E-state index contributed by atoms with van der Waals surface area (Å²) in [5, 5.41) is 4.94. The number of fused-ring (bicyclic) bond motifs is 12. The van der Waals surface area contributed by atoms with E-state index >= 15 is 0 Å². The maximum Gasteiger partial charge on any atom is 0.256 e. The van der Waals surface area contributed by atoms with Crippen molar-refractivity contribution in [1.29, 1.82) is 0 Å². The summed E-state index contributed by atoms with van der Waals surface area (Å²) in [6.07, 6.45) is 0. The van der Waals surface area contributed by atoms with Crippen LogP contribution < -0.4 is 21.1 Å². The van der Waals surface area contributed by atoms with Gasteiger partial charge in [-0.25, -0.2) is 0 Å². The Balaban J connectivity index is 1.36. The molecule has 184 valence electrons. The molecule has 0 saturated carbocycles. The van der Waals surface area contributed by atoms with Gasteiger partial charge in [0, 0.05) is 27.5 Å². The zero-order valence-electron chi connectivity index (χ0n) is 21.5. The van der Waals surface area contributed by atoms with Gasteiger partial charge in [0.25, 0.3) is 6.71 Å². The number of aromatic nitrogens is 2. The Kier molecular flexibility index (Phi) is 3.75. The average Bonchev–Trinajstić information content (AvgIpc) is 3.54. The highest BCUT2D eigenvalue weighted by Crippen LogP contribution is 2.43. The van der Waals surface area contributed by atoms with E-state index in [-0.39, 0.29) is 6.71 Å². The Morgan fingerprint density at radius 3 is 2.10 bits per heavy atom. The van der Waals surface area contributed by atoms with E-state index in [0.29, 0.717) is 0 Å². The molecule has 0 fully saturated rings. The zero-order valence-corrected chi connectivity index (χ0v) is 21.5. The van der Waals surface area contributed by atoms with Crippen LogP contribution in [-0.2, 0) is 0 Å². The van der Waals surface area contributed by atoms with E-state index in [2.05, 4.69) is 137 Å². The van der Waals surface area contributed by atoms with Gasteiger partial charge in [0.1, 0.15) is 11.5 Å². The minimum Gasteiger partial charge on any atom is -0.458 e. The fourth-order valence-electron chi connectivity index (χ4n) is 7.44. The van der Waals surface area contributed by atoms with Gasteiger partial charge in [-0.15, -0.1) is 0 Å². The van der Waals surface area contributed by atoms with Crippen molar-refractivity contribution in [3.8, 4) is 22.9 Å². The Labute approximate surface area is 230 Å². The lowest BCUT2D eigenvalue weighted by atomic mass is 9.34. The maximum absolute atomic E-state index is 7.00. The summed E-state index contributed by atoms with van der Waals surface area (Å²) in [6, 6.07) is 46.0. The summed E-state index contributed by atoms with van der Waals surface area (Å²) in [6.45, 7) is 0.0960. The fraction of sp³-hybridized carbons (Fsp3) is 0. The van der Waals surface area contributed by atoms with E-state index in [1.807, 2.05) is 0 Å². The van der Waals surface area contributed by atoms with Crippen LogP contribution in [0.3, 0.4) is 0 Å². The minimum atomic E-state index is 0.0960. The van der Waals surface area contributed by atoms with Crippen LogP contribution in [0.1, 0.15) is 0 Å². The van der Waals surface area contributed by atoms with Crippen molar-refractivity contribution < 1.29 is 4.74 Å². The first kappa shape index (κ1) is 20.7. The highest BCUT2D eigenvalue weighted by Gasteiger charge is 2.41. The van der Waals surface area contributed by atoms with Crippen LogP contribution in [0, 0.1) is 0 Å². The molecular weight excluding hydrogens is 487 g/mol. The molecule has 40 heavy (non-hydrogen) atoms. The van der Waals surface area contributed by atoms with E-state index in [9.17, 15) is 0 Å². The molecule has 0 saturated heterocycles. The first-order valence-corrected chi connectivity index (χ1v) is 13.8. The Hall–Kier alpha value is -5.22. The van der Waals surface area contributed by atoms with E-state index in [1.54, 1.807) is 0 Å². The molecule has 4 heteroatoms. The largest absolute Gasteiger partial charge is 0.458 e. The van der Waals surface area contributed by atoms with Gasteiger partial charge in [-0.1, -0.05) is 78.9 Å². The topological polar surface area (TPSA) is 19.1 Å². The molecule has 0 spiro atoms. The van der Waals surface area contributed by atoms with Crippen LogP contribution in [0.25, 0.3) is 55.0 Å². The molecule has 0 aliphatic carbocycles. The predicted molar refractivity (Wildman–Crippen MR) is 166 cm³/mol. The third-order valence-corrected chi connectivity index (χ3v) is 8.97. The number of hydrogen-bond acceptors (Lipinski definition) is 1. The van der Waals surface area contributed by atoms with E-state index in [0.717, 1.165) is 22.7 Å². The molecule has 0 amide bonds. The van der Waals surface area contributed by atoms with Crippen molar-refractivity contribution in [2.24, 2.45) is 0 Å². The highest BCUT2D eigenvalue weighted by atomic mass is 16.5. The normalized spacial score (nSPS) is 13.2. The number of nitrogens with zero attached hydrogens (tertiary/aromatic N) is 2. The highest BCUT2D eigenvalue weighted by molar-refractivity contribution is 6.99. The summed E-state index contributed by atoms with van der Waals surface area (Å²) in [5.41, 5.74) is 11.1. The summed E-state index contributed by atoms with van der Waals surface area (Å²) < 4.78 is 11.8. The van der Waals surface area contributed by atoms with Gasteiger partial charge < -0.3 is 13.9 Å². The molecule has 2 aliphatic rings. The molecule has 6 aromatic carbocycles. The molecule has 2 aliphatic heterocycles. The molecular formula is C36H21BN2O. The molecule has 4 heterocycles. The van der Waals surface area contributed by atoms with Crippen molar-refractivity contribution >= 4 is 66.7 Å². The van der Waals surface area contributed by atoms with E-state index in [1.165, 1.54) is 60.2 Å². The smallest absolute Gasteiger partial charge is 0.256 e. The third kappa shape index (κ3) is 2.39. The second-order valence-electron chi connectivity index (χ2n) is 10.9. The van der Waals surface area contributed by atoms with Gasteiger partial charge in [-0.3, -0.25) is 0 Å². The SMILES string of the molecule is c1ccc(-n2c3ccccc3c3c4c(ccc32)B2c3ccccc3-n3c5ccccc5c5ccc(c2c53)O4)cc1. The number of hydrogen-bond donors (Lipinski definition) is 0. The monoisotopic (exact) mass is 508 g/mol. The molecule has 0 radical (unpaired) electrons. The van der Waals surface area contributed by atoms with Gasteiger partial charge in [0.15, 0.2) is 0 Å². The molecule has 8 aromatic rings. The quantitative estimate of drug-likeness (QED) is 0.223. The Morgan fingerprint density at radius 2 is 1.23 bits per heavy atom. The van der Waals surface area contributed by atoms with Crippen molar-refractivity contribution in [2.45, 2.75) is 0 Å². The first-order valence-electron chi connectivity index (χ1n) is 13.8. The standard InChI is InChI=1S/C36H21BN2O/c1-2-10-22(11-3-1)38-29-16-8-5-13-25(29)33-31(38)20-19-27-36(33)40-32-21-18-24-23-12-4-7-15-28(23)39-30-17-9-6-14-26(30)37(27)34(32)35(24)39/h1-21H. The lowest BCUT2D eigenvalue weighted by Gasteiger charge is -2.33. The number of rotatable bonds is 1. The number of ether oxygens (including phenoxy) is 1. The van der Waals surface area contributed by atoms with Crippen molar-refractivity contribution in [3.63, 3.8) is 0 Å². The Bertz CT molecular complexity index is 2360. The summed E-state index contributed by atoms with van der Waals surface area (Å²) >= 11 is 0. The molecule has 0 N–H and O–H groups in total. The maximum atomic E-state index is 7.00. The van der Waals surface area contributed by atoms with Gasteiger partial charge >= 0.3 is 0 Å². The fourth-order valence-corrected chi connectivity index (χ4v) is 7.44. The zero-order chi connectivity index (χ0) is 25.9. The predicted octanol–water partition coefficient (Wildman–Crippen LogP) is 6.82. The van der Waals surface area contributed by atoms with Crippen LogP contribution >= 0.6 is 0 Å². The first-order chi connectivity index (χ1) is 19.9. The summed E-state index contributed by atoms with van der Waals surface area (Å²) in [4.78, 5) is 0. The summed E-state index contributed by atoms with van der Waals surface area (Å²) in [7, 11) is 0. The second kappa shape index (κ2) is 7.25. The van der Waals surface area contributed by atoms with Gasteiger partial charge in [-0.05, 0) is 64.9 Å². The van der Waals surface area contributed by atoms with Gasteiger partial charge in [-0.2, -0.15) is 0 Å². The molecule has 10 rings (SSSR count). The number of benzene rings is 6. The third-order valence-electron chi connectivity index (χ3n) is 8.97. The van der Waals surface area contributed by atoms with E-state index < -0.39 is 0 Å². The van der Waals surface area contributed by atoms with Crippen LogP contribution in [0.2, 0.25) is 0 Å². The Morgan fingerprint density at radius 1 is 0.500 bits per heavy atom. The number of para-hydroxylation sites is 4.